The number of guanidine groups is 1. The summed E-state index contributed by atoms with van der Waals surface area (Å²) in [6.07, 6.45) is 4.87. The zero-order valence-corrected chi connectivity index (χ0v) is 17.9. The quantitative estimate of drug-likeness (QED) is 0.623. The first kappa shape index (κ1) is 22.5. The van der Waals surface area contributed by atoms with Crippen molar-refractivity contribution < 1.29 is 18.3 Å². The monoisotopic (exact) mass is 427 g/mol. The second-order valence-corrected chi connectivity index (χ2v) is 7.35. The molecule has 1 aliphatic heterocycles. The van der Waals surface area contributed by atoms with Crippen LogP contribution in [-0.4, -0.2) is 38.2 Å². The molecule has 0 aliphatic carbocycles. The Kier molecular flexibility index (Phi) is 6.75. The number of aliphatic imine (C=N–C) groups is 1. The van der Waals surface area contributed by atoms with Crippen LogP contribution in [0, 0.1) is 6.92 Å². The number of methoxy groups -OCH3 is 1. The van der Waals surface area contributed by atoms with Crippen LogP contribution in [0.1, 0.15) is 28.7 Å². The lowest BCUT2D eigenvalue weighted by Crippen LogP contribution is -2.32. The van der Waals surface area contributed by atoms with Crippen molar-refractivity contribution in [1.82, 2.24) is 4.90 Å². The maximum Gasteiger partial charge on any atom is 0.387 e. The molecule has 2 aromatic rings. The molecule has 164 valence electrons. The lowest BCUT2D eigenvalue weighted by Gasteiger charge is -2.31. The van der Waals surface area contributed by atoms with E-state index in [-0.39, 0.29) is 5.75 Å². The van der Waals surface area contributed by atoms with Gasteiger partial charge >= 0.3 is 6.61 Å². The summed E-state index contributed by atoms with van der Waals surface area (Å²) in [6, 6.07) is 13.0. The normalized spacial score (nSPS) is 18.8. The summed E-state index contributed by atoms with van der Waals surface area (Å²) < 4.78 is 35.1. The summed E-state index contributed by atoms with van der Waals surface area (Å²) in [5, 5.41) is 0. The Morgan fingerprint density at radius 3 is 2.58 bits per heavy atom. The van der Waals surface area contributed by atoms with E-state index in [9.17, 15) is 8.78 Å². The molecule has 0 fully saturated rings. The number of alkyl halides is 2. The Morgan fingerprint density at radius 2 is 1.97 bits per heavy atom. The van der Waals surface area contributed by atoms with Crippen LogP contribution in [0.2, 0.25) is 0 Å². The van der Waals surface area contributed by atoms with E-state index < -0.39 is 12.2 Å². The SMILES string of the molecule is C=C1N(C)C(N)=NC1(c1cccc(/C=C/CCOC)c1)c1ccc(OC(F)F)c(C)c1. The summed E-state index contributed by atoms with van der Waals surface area (Å²) in [7, 11) is 3.47. The first-order valence-electron chi connectivity index (χ1n) is 9.90. The highest BCUT2D eigenvalue weighted by Gasteiger charge is 2.44. The van der Waals surface area contributed by atoms with Crippen LogP contribution in [0.25, 0.3) is 6.08 Å². The topological polar surface area (TPSA) is 60.1 Å². The van der Waals surface area contributed by atoms with Crippen molar-refractivity contribution in [3.63, 3.8) is 0 Å². The molecule has 31 heavy (non-hydrogen) atoms. The molecule has 0 bridgehead atoms. The van der Waals surface area contributed by atoms with E-state index in [1.54, 1.807) is 38.1 Å². The van der Waals surface area contributed by atoms with Gasteiger partial charge in [-0.1, -0.05) is 43.0 Å². The van der Waals surface area contributed by atoms with Gasteiger partial charge in [-0.3, -0.25) is 0 Å². The third kappa shape index (κ3) is 4.46. The van der Waals surface area contributed by atoms with E-state index in [4.69, 9.17) is 15.5 Å². The molecule has 2 aromatic carbocycles. The number of hydrogen-bond acceptors (Lipinski definition) is 5. The average Bonchev–Trinajstić information content (AvgIpc) is 2.97. The third-order valence-corrected chi connectivity index (χ3v) is 5.36. The van der Waals surface area contributed by atoms with Crippen LogP contribution in [-0.2, 0) is 10.3 Å². The van der Waals surface area contributed by atoms with Crippen molar-refractivity contribution in [2.24, 2.45) is 10.7 Å². The van der Waals surface area contributed by atoms with Crippen LogP contribution in [0.5, 0.6) is 5.75 Å². The number of ether oxygens (including phenoxy) is 2. The van der Waals surface area contributed by atoms with E-state index in [0.717, 1.165) is 23.1 Å². The smallest absolute Gasteiger partial charge is 0.387 e. The molecular weight excluding hydrogens is 400 g/mol. The van der Waals surface area contributed by atoms with Crippen LogP contribution < -0.4 is 10.5 Å². The molecule has 0 saturated carbocycles. The summed E-state index contributed by atoms with van der Waals surface area (Å²) in [4.78, 5) is 6.53. The molecule has 1 heterocycles. The number of rotatable bonds is 8. The molecule has 5 nitrogen and oxygen atoms in total. The predicted molar refractivity (Wildman–Crippen MR) is 119 cm³/mol. The zero-order chi connectivity index (χ0) is 22.6. The number of aryl methyl sites for hydroxylation is 1. The molecule has 1 unspecified atom stereocenters. The molecule has 0 radical (unpaired) electrons. The third-order valence-electron chi connectivity index (χ3n) is 5.36. The van der Waals surface area contributed by atoms with Crippen molar-refractivity contribution in [2.75, 3.05) is 20.8 Å². The number of hydrogen-bond donors (Lipinski definition) is 1. The van der Waals surface area contributed by atoms with E-state index in [1.165, 1.54) is 6.07 Å². The molecule has 0 amide bonds. The van der Waals surface area contributed by atoms with Crippen molar-refractivity contribution in [1.29, 1.82) is 0 Å². The summed E-state index contributed by atoms with van der Waals surface area (Å²) in [5.74, 6) is 0.453. The first-order chi connectivity index (χ1) is 14.8. The summed E-state index contributed by atoms with van der Waals surface area (Å²) >= 11 is 0. The van der Waals surface area contributed by atoms with Gasteiger partial charge in [-0.15, -0.1) is 0 Å². The number of nitrogens with two attached hydrogens (primary N) is 1. The van der Waals surface area contributed by atoms with Crippen LogP contribution in [0.3, 0.4) is 0 Å². The van der Waals surface area contributed by atoms with Crippen molar-refractivity contribution >= 4 is 12.0 Å². The fourth-order valence-electron chi connectivity index (χ4n) is 3.70. The van der Waals surface area contributed by atoms with Crippen molar-refractivity contribution in [3.05, 3.63) is 83.1 Å². The molecule has 3 rings (SSSR count). The van der Waals surface area contributed by atoms with Gasteiger partial charge < -0.3 is 20.1 Å². The van der Waals surface area contributed by atoms with Gasteiger partial charge in [-0.05, 0) is 53.8 Å². The van der Waals surface area contributed by atoms with Gasteiger partial charge in [0.1, 0.15) is 5.75 Å². The molecule has 0 spiro atoms. The standard InChI is InChI=1S/C24H27F2N3O2/c1-16-14-20(11-12-21(16)31-22(25)26)24(17(2)29(3)23(27)28-24)19-10-7-9-18(15-19)8-5-6-13-30-4/h5,7-12,14-15,22H,2,6,13H2,1,3-4H3,(H2,27,28)/b8-5+. The molecular formula is C24H27F2N3O2. The van der Waals surface area contributed by atoms with Crippen molar-refractivity contribution in [3.8, 4) is 5.75 Å². The van der Waals surface area contributed by atoms with Gasteiger partial charge in [0.05, 0.1) is 5.70 Å². The fraction of sp³-hybridized carbons (Fsp3) is 0.292. The fourth-order valence-corrected chi connectivity index (χ4v) is 3.70. The van der Waals surface area contributed by atoms with Gasteiger partial charge in [0.2, 0.25) is 0 Å². The predicted octanol–water partition coefficient (Wildman–Crippen LogP) is 4.66. The van der Waals surface area contributed by atoms with E-state index >= 15 is 0 Å². The Balaban J connectivity index is 2.10. The minimum Gasteiger partial charge on any atom is -0.435 e. The van der Waals surface area contributed by atoms with Gasteiger partial charge in [-0.2, -0.15) is 8.78 Å². The van der Waals surface area contributed by atoms with Crippen LogP contribution in [0.4, 0.5) is 8.78 Å². The summed E-state index contributed by atoms with van der Waals surface area (Å²) in [5.41, 5.74) is 9.09. The Hall–Kier alpha value is -3.19. The van der Waals surface area contributed by atoms with E-state index in [1.807, 2.05) is 36.4 Å². The average molecular weight is 427 g/mol. The van der Waals surface area contributed by atoms with Gasteiger partial charge in [-0.25, -0.2) is 4.99 Å². The minimum atomic E-state index is -2.89. The highest BCUT2D eigenvalue weighted by Crippen LogP contribution is 2.45. The zero-order valence-electron chi connectivity index (χ0n) is 17.9. The van der Waals surface area contributed by atoms with E-state index in [0.29, 0.717) is 23.8 Å². The number of nitrogens with zero attached hydrogens (tertiary/aromatic N) is 2. The second-order valence-electron chi connectivity index (χ2n) is 7.35. The van der Waals surface area contributed by atoms with E-state index in [2.05, 4.69) is 11.3 Å². The molecule has 0 aromatic heterocycles. The number of benzene rings is 2. The summed E-state index contributed by atoms with van der Waals surface area (Å²) in [6.45, 7) is 3.73. The molecule has 7 heteroatoms. The number of likely N-dealkylation sites (N-methyl/N-ethyl adjacent to an activating group) is 1. The Bertz CT molecular complexity index is 1020. The minimum absolute atomic E-state index is 0.123. The van der Waals surface area contributed by atoms with Gasteiger partial charge in [0.25, 0.3) is 0 Å². The lowest BCUT2D eigenvalue weighted by molar-refractivity contribution is -0.0503. The molecule has 0 saturated heterocycles. The van der Waals surface area contributed by atoms with Gasteiger partial charge in [0, 0.05) is 20.8 Å². The molecule has 1 atom stereocenters. The first-order valence-corrected chi connectivity index (χ1v) is 9.90. The molecule has 2 N–H and O–H groups in total. The second kappa shape index (κ2) is 9.31. The highest BCUT2D eigenvalue weighted by atomic mass is 19.3. The molecule has 1 aliphatic rings. The van der Waals surface area contributed by atoms with Crippen LogP contribution in [0.15, 0.2) is 65.8 Å². The van der Waals surface area contributed by atoms with Gasteiger partial charge in [0.15, 0.2) is 11.5 Å². The van der Waals surface area contributed by atoms with Crippen LogP contribution >= 0.6 is 0 Å². The maximum absolute atomic E-state index is 12.7. The Labute approximate surface area is 181 Å². The van der Waals surface area contributed by atoms with Crippen molar-refractivity contribution in [2.45, 2.75) is 25.5 Å². The lowest BCUT2D eigenvalue weighted by atomic mass is 9.80. The largest absolute Gasteiger partial charge is 0.435 e. The maximum atomic E-state index is 12.7. The number of halogens is 2. The Morgan fingerprint density at radius 1 is 1.23 bits per heavy atom. The highest BCUT2D eigenvalue weighted by molar-refractivity contribution is 5.85.